The van der Waals surface area contributed by atoms with Crippen molar-refractivity contribution in [1.29, 1.82) is 0 Å². The topological polar surface area (TPSA) is 40.6 Å². The second-order valence-corrected chi connectivity index (χ2v) is 6.90. The highest BCUT2D eigenvalue weighted by Gasteiger charge is 2.35. The van der Waals surface area contributed by atoms with E-state index in [0.29, 0.717) is 23.7 Å². The molecule has 0 aliphatic carbocycles. The van der Waals surface area contributed by atoms with Crippen LogP contribution in [0.4, 0.5) is 5.69 Å². The molecule has 3 rings (SSSR count). The highest BCUT2D eigenvalue weighted by molar-refractivity contribution is 6.31. The van der Waals surface area contributed by atoms with Crippen molar-refractivity contribution in [3.63, 3.8) is 0 Å². The SMILES string of the molecule is Cc1ccc(N2CCN(C(=O)c3cccc(Cl)c3)[C@H](C)C2=O)c(C)c1. The molecule has 0 radical (unpaired) electrons. The zero-order chi connectivity index (χ0) is 18.1. The maximum Gasteiger partial charge on any atom is 0.254 e. The summed E-state index contributed by atoms with van der Waals surface area (Å²) in [5.41, 5.74) is 3.65. The Morgan fingerprint density at radius 2 is 1.88 bits per heavy atom. The summed E-state index contributed by atoms with van der Waals surface area (Å²) in [7, 11) is 0. The monoisotopic (exact) mass is 356 g/mol. The molecule has 2 aromatic rings. The summed E-state index contributed by atoms with van der Waals surface area (Å²) in [4.78, 5) is 29.0. The number of piperazine rings is 1. The molecule has 0 unspecified atom stereocenters. The first-order valence-electron chi connectivity index (χ1n) is 8.33. The van der Waals surface area contributed by atoms with Crippen molar-refractivity contribution in [2.45, 2.75) is 26.8 Å². The van der Waals surface area contributed by atoms with Gasteiger partial charge >= 0.3 is 0 Å². The van der Waals surface area contributed by atoms with Crippen LogP contribution < -0.4 is 4.90 Å². The fourth-order valence-electron chi connectivity index (χ4n) is 3.28. The third-order valence-corrected chi connectivity index (χ3v) is 4.87. The lowest BCUT2D eigenvalue weighted by molar-refractivity contribution is -0.124. The number of carbonyl (C=O) groups is 2. The van der Waals surface area contributed by atoms with Crippen molar-refractivity contribution < 1.29 is 9.59 Å². The second-order valence-electron chi connectivity index (χ2n) is 6.46. The molecule has 2 amide bonds. The van der Waals surface area contributed by atoms with Crippen molar-refractivity contribution in [2.75, 3.05) is 18.0 Å². The molecule has 2 aromatic carbocycles. The van der Waals surface area contributed by atoms with Crippen molar-refractivity contribution in [3.8, 4) is 0 Å². The van der Waals surface area contributed by atoms with Crippen LogP contribution in [0.3, 0.4) is 0 Å². The Morgan fingerprint density at radius 3 is 2.56 bits per heavy atom. The third-order valence-electron chi connectivity index (χ3n) is 4.63. The van der Waals surface area contributed by atoms with Gasteiger partial charge in [0.15, 0.2) is 0 Å². The van der Waals surface area contributed by atoms with E-state index >= 15 is 0 Å². The highest BCUT2D eigenvalue weighted by Crippen LogP contribution is 2.26. The van der Waals surface area contributed by atoms with Gasteiger partial charge in [-0.05, 0) is 50.6 Å². The molecule has 4 nitrogen and oxygen atoms in total. The number of aryl methyl sites for hydroxylation is 2. The zero-order valence-corrected chi connectivity index (χ0v) is 15.4. The van der Waals surface area contributed by atoms with Gasteiger partial charge in [0.05, 0.1) is 0 Å². The Kier molecular flexibility index (Phi) is 4.82. The minimum absolute atomic E-state index is 0.0615. The molecule has 1 saturated heterocycles. The van der Waals surface area contributed by atoms with Crippen molar-refractivity contribution in [3.05, 3.63) is 64.2 Å². The van der Waals surface area contributed by atoms with E-state index in [9.17, 15) is 9.59 Å². The smallest absolute Gasteiger partial charge is 0.254 e. The summed E-state index contributed by atoms with van der Waals surface area (Å²) in [6, 6.07) is 12.4. The maximum atomic E-state index is 12.9. The fourth-order valence-corrected chi connectivity index (χ4v) is 3.47. The van der Waals surface area contributed by atoms with E-state index in [4.69, 9.17) is 11.6 Å². The molecule has 0 aromatic heterocycles. The highest BCUT2D eigenvalue weighted by atomic mass is 35.5. The lowest BCUT2D eigenvalue weighted by Gasteiger charge is -2.39. The molecule has 0 N–H and O–H groups in total. The Hall–Kier alpha value is -2.33. The molecule has 1 atom stereocenters. The number of halogens is 1. The average molecular weight is 357 g/mol. The van der Waals surface area contributed by atoms with E-state index in [1.807, 2.05) is 26.0 Å². The summed E-state index contributed by atoms with van der Waals surface area (Å²) in [5.74, 6) is -0.225. The molecule has 1 heterocycles. The maximum absolute atomic E-state index is 12.9. The normalized spacial score (nSPS) is 17.8. The van der Waals surface area contributed by atoms with Crippen LogP contribution >= 0.6 is 11.6 Å². The van der Waals surface area contributed by atoms with Gasteiger partial charge in [-0.25, -0.2) is 0 Å². The molecule has 25 heavy (non-hydrogen) atoms. The molecule has 1 aliphatic heterocycles. The molecule has 1 aliphatic rings. The molecular weight excluding hydrogens is 336 g/mol. The summed E-state index contributed by atoms with van der Waals surface area (Å²) < 4.78 is 0. The van der Waals surface area contributed by atoms with E-state index in [1.165, 1.54) is 0 Å². The van der Waals surface area contributed by atoms with Crippen LogP contribution in [-0.2, 0) is 4.79 Å². The van der Waals surface area contributed by atoms with Crippen LogP contribution in [-0.4, -0.2) is 35.8 Å². The number of rotatable bonds is 2. The predicted molar refractivity (Wildman–Crippen MR) is 100 cm³/mol. The van der Waals surface area contributed by atoms with Gasteiger partial charge in [-0.3, -0.25) is 9.59 Å². The standard InChI is InChI=1S/C20H21ClN2O2/c1-13-7-8-18(14(2)11-13)23-10-9-22(15(3)19(23)24)20(25)16-5-4-6-17(21)12-16/h4-8,11-12,15H,9-10H2,1-3H3/t15-/m1/s1. The van der Waals surface area contributed by atoms with Gasteiger partial charge < -0.3 is 9.80 Å². The van der Waals surface area contributed by atoms with Gasteiger partial charge in [0.25, 0.3) is 5.91 Å². The van der Waals surface area contributed by atoms with Gasteiger partial charge in [0.2, 0.25) is 5.91 Å². The molecule has 1 fully saturated rings. The first-order valence-corrected chi connectivity index (χ1v) is 8.71. The Morgan fingerprint density at radius 1 is 1.12 bits per heavy atom. The summed E-state index contributed by atoms with van der Waals surface area (Å²) in [5, 5.41) is 0.513. The minimum atomic E-state index is -0.513. The summed E-state index contributed by atoms with van der Waals surface area (Å²) in [6.45, 7) is 6.79. The average Bonchev–Trinajstić information content (AvgIpc) is 2.57. The molecule has 0 saturated carbocycles. The van der Waals surface area contributed by atoms with Crippen LogP contribution in [0.2, 0.25) is 5.02 Å². The second kappa shape index (κ2) is 6.89. The lowest BCUT2D eigenvalue weighted by atomic mass is 10.1. The number of anilines is 1. The largest absolute Gasteiger partial charge is 0.325 e. The van der Waals surface area contributed by atoms with Crippen LogP contribution in [0.15, 0.2) is 42.5 Å². The number of nitrogens with zero attached hydrogens (tertiary/aromatic N) is 2. The first kappa shape index (κ1) is 17.5. The Balaban J connectivity index is 1.83. The van der Waals surface area contributed by atoms with E-state index < -0.39 is 6.04 Å². The van der Waals surface area contributed by atoms with Crippen molar-refractivity contribution >= 4 is 29.1 Å². The van der Waals surface area contributed by atoms with Crippen molar-refractivity contribution in [2.24, 2.45) is 0 Å². The van der Waals surface area contributed by atoms with Gasteiger partial charge in [-0.1, -0.05) is 35.4 Å². The van der Waals surface area contributed by atoms with Gasteiger partial charge in [0.1, 0.15) is 6.04 Å². The molecule has 0 bridgehead atoms. The van der Waals surface area contributed by atoms with Crippen LogP contribution in [0.5, 0.6) is 0 Å². The van der Waals surface area contributed by atoms with E-state index in [-0.39, 0.29) is 11.8 Å². The number of carbonyl (C=O) groups excluding carboxylic acids is 2. The third kappa shape index (κ3) is 3.40. The minimum Gasteiger partial charge on any atom is -0.325 e. The van der Waals surface area contributed by atoms with Gasteiger partial charge in [-0.15, -0.1) is 0 Å². The van der Waals surface area contributed by atoms with Crippen molar-refractivity contribution in [1.82, 2.24) is 4.90 Å². The fraction of sp³-hybridized carbons (Fsp3) is 0.300. The van der Waals surface area contributed by atoms with E-state index in [1.54, 1.807) is 41.0 Å². The number of hydrogen-bond donors (Lipinski definition) is 0. The Bertz CT molecular complexity index is 834. The van der Waals surface area contributed by atoms with Gasteiger partial charge in [0, 0.05) is 29.4 Å². The molecule has 130 valence electrons. The number of benzene rings is 2. The molecule has 0 spiro atoms. The van der Waals surface area contributed by atoms with E-state index in [2.05, 4.69) is 6.07 Å². The summed E-state index contributed by atoms with van der Waals surface area (Å²) in [6.07, 6.45) is 0. The lowest BCUT2D eigenvalue weighted by Crippen LogP contribution is -2.57. The quantitative estimate of drug-likeness (QED) is 0.820. The van der Waals surface area contributed by atoms with Crippen LogP contribution in [0, 0.1) is 13.8 Å². The van der Waals surface area contributed by atoms with Gasteiger partial charge in [-0.2, -0.15) is 0 Å². The number of amides is 2. The first-order chi connectivity index (χ1) is 11.9. The Labute approximate surface area is 153 Å². The zero-order valence-electron chi connectivity index (χ0n) is 14.6. The van der Waals surface area contributed by atoms with E-state index in [0.717, 1.165) is 16.8 Å². The van der Waals surface area contributed by atoms with Crippen LogP contribution in [0.1, 0.15) is 28.4 Å². The molecular formula is C20H21ClN2O2. The number of hydrogen-bond acceptors (Lipinski definition) is 2. The predicted octanol–water partition coefficient (Wildman–Crippen LogP) is 3.83. The van der Waals surface area contributed by atoms with Crippen LogP contribution in [0.25, 0.3) is 0 Å². The summed E-state index contributed by atoms with van der Waals surface area (Å²) >= 11 is 5.98. The molecule has 5 heteroatoms.